The molecule has 0 spiro atoms. The van der Waals surface area contributed by atoms with Crippen LogP contribution in [0.2, 0.25) is 0 Å². The fourth-order valence-corrected chi connectivity index (χ4v) is 6.51. The van der Waals surface area contributed by atoms with Crippen molar-refractivity contribution in [1.82, 2.24) is 0 Å². The monoisotopic (exact) mass is 324 g/mol. The van der Waals surface area contributed by atoms with E-state index in [0.717, 1.165) is 18.4 Å². The quantitative estimate of drug-likeness (QED) is 0.800. The Hall–Kier alpha value is -0.770. The number of carbonyl (C=O) groups is 1. The van der Waals surface area contributed by atoms with Crippen LogP contribution >= 0.6 is 0 Å². The summed E-state index contributed by atoms with van der Waals surface area (Å²) in [5, 5.41) is 10.4. The van der Waals surface area contributed by atoms with Crippen LogP contribution in [0.4, 0.5) is 8.78 Å². The van der Waals surface area contributed by atoms with Gasteiger partial charge in [0.25, 0.3) is 0 Å². The minimum absolute atomic E-state index is 0.0150. The van der Waals surface area contributed by atoms with E-state index in [4.69, 9.17) is 0 Å². The van der Waals surface area contributed by atoms with Crippen LogP contribution in [0, 0.1) is 35.0 Å². The molecule has 128 valence electrons. The van der Waals surface area contributed by atoms with Gasteiger partial charge in [0.2, 0.25) is 0 Å². The van der Waals surface area contributed by atoms with Gasteiger partial charge in [-0.15, -0.1) is 0 Å². The maximum Gasteiger partial charge on any atom is 0.155 e. The number of carbonyl (C=O) groups excluding carboxylic acids is 1. The molecule has 3 fully saturated rings. The molecule has 23 heavy (non-hydrogen) atoms. The highest BCUT2D eigenvalue weighted by Crippen LogP contribution is 2.63. The minimum Gasteiger partial charge on any atom is -0.393 e. The van der Waals surface area contributed by atoms with Crippen molar-refractivity contribution in [3.8, 4) is 0 Å². The normalized spacial score (nSPS) is 52.4. The molecule has 0 aliphatic heterocycles. The Morgan fingerprint density at radius 2 is 2.09 bits per heavy atom. The van der Waals surface area contributed by atoms with E-state index in [1.807, 2.05) is 6.92 Å². The minimum atomic E-state index is -0.995. The van der Waals surface area contributed by atoms with Crippen LogP contribution in [-0.2, 0) is 4.79 Å². The van der Waals surface area contributed by atoms with Gasteiger partial charge in [0, 0.05) is 12.3 Å². The van der Waals surface area contributed by atoms with Crippen molar-refractivity contribution in [2.45, 2.75) is 57.7 Å². The lowest BCUT2D eigenvalue weighted by Gasteiger charge is -2.56. The number of aliphatic hydroxyl groups is 1. The van der Waals surface area contributed by atoms with Gasteiger partial charge in [0.1, 0.15) is 6.17 Å². The Labute approximate surface area is 136 Å². The number of hydrogen-bond donors (Lipinski definition) is 1. The molecular formula is C19H26F2O2. The van der Waals surface area contributed by atoms with Gasteiger partial charge >= 0.3 is 0 Å². The molecule has 0 unspecified atom stereocenters. The maximum atomic E-state index is 15.2. The molecule has 0 aromatic rings. The summed E-state index contributed by atoms with van der Waals surface area (Å²) in [6.07, 6.45) is 4.01. The SMILES string of the molecule is C[C@]12C[C@H](F)[C@H]3[C@@H]([C@H](CF)CC4=CC(=O)CC[C@@H]43)[C@@H]1CC[C@@H]2O. The van der Waals surface area contributed by atoms with Crippen LogP contribution in [0.1, 0.15) is 45.4 Å². The van der Waals surface area contributed by atoms with Crippen molar-refractivity contribution in [2.24, 2.45) is 35.0 Å². The number of rotatable bonds is 1. The zero-order chi connectivity index (χ0) is 16.4. The molecule has 0 heterocycles. The van der Waals surface area contributed by atoms with E-state index in [0.29, 0.717) is 25.7 Å². The first kappa shape index (κ1) is 15.7. The lowest BCUT2D eigenvalue weighted by atomic mass is 9.49. The van der Waals surface area contributed by atoms with Gasteiger partial charge in [-0.1, -0.05) is 12.5 Å². The Bertz CT molecular complexity index is 545. The molecule has 2 nitrogen and oxygen atoms in total. The van der Waals surface area contributed by atoms with Crippen LogP contribution in [-0.4, -0.2) is 29.8 Å². The lowest BCUT2D eigenvalue weighted by molar-refractivity contribution is -0.123. The molecule has 8 atom stereocenters. The van der Waals surface area contributed by atoms with E-state index in [1.165, 1.54) is 0 Å². The summed E-state index contributed by atoms with van der Waals surface area (Å²) >= 11 is 0. The second-order valence-electron chi connectivity index (χ2n) is 8.53. The highest BCUT2D eigenvalue weighted by atomic mass is 19.1. The van der Waals surface area contributed by atoms with Gasteiger partial charge in [0.15, 0.2) is 5.78 Å². The molecule has 0 amide bonds. The zero-order valence-electron chi connectivity index (χ0n) is 13.7. The predicted octanol–water partition coefficient (Wildman–Crippen LogP) is 3.63. The van der Waals surface area contributed by atoms with Crippen LogP contribution in [0.15, 0.2) is 11.6 Å². The summed E-state index contributed by atoms with van der Waals surface area (Å²) in [5.74, 6) is 0.0990. The maximum absolute atomic E-state index is 15.2. The molecule has 4 aliphatic rings. The van der Waals surface area contributed by atoms with Crippen molar-refractivity contribution < 1.29 is 18.7 Å². The predicted molar refractivity (Wildman–Crippen MR) is 83.2 cm³/mol. The first-order valence-electron chi connectivity index (χ1n) is 9.07. The summed E-state index contributed by atoms with van der Waals surface area (Å²) in [4.78, 5) is 11.7. The average molecular weight is 324 g/mol. The first-order valence-corrected chi connectivity index (χ1v) is 9.07. The molecule has 0 aromatic heterocycles. The third-order valence-electron chi connectivity index (χ3n) is 7.55. The highest BCUT2D eigenvalue weighted by Gasteiger charge is 2.61. The smallest absolute Gasteiger partial charge is 0.155 e. The molecule has 0 saturated heterocycles. The van der Waals surface area contributed by atoms with Crippen LogP contribution in [0.25, 0.3) is 0 Å². The summed E-state index contributed by atoms with van der Waals surface area (Å²) in [5.41, 5.74) is 0.592. The summed E-state index contributed by atoms with van der Waals surface area (Å²) in [6, 6.07) is 0. The van der Waals surface area contributed by atoms with E-state index < -0.39 is 24.4 Å². The van der Waals surface area contributed by atoms with Crippen molar-refractivity contribution in [1.29, 1.82) is 0 Å². The largest absolute Gasteiger partial charge is 0.393 e. The van der Waals surface area contributed by atoms with Gasteiger partial charge < -0.3 is 5.11 Å². The number of fused-ring (bicyclic) bond motifs is 5. The van der Waals surface area contributed by atoms with Crippen molar-refractivity contribution in [3.63, 3.8) is 0 Å². The number of alkyl halides is 2. The second kappa shape index (κ2) is 5.37. The molecule has 0 bridgehead atoms. The first-order chi connectivity index (χ1) is 11.0. The summed E-state index contributed by atoms with van der Waals surface area (Å²) < 4.78 is 29.0. The standard InChI is InChI=1S/C19H26F2O2/c1-19-8-15(21)18-13-3-2-12(22)7-10(13)6-11(9-20)17(18)14(19)4-5-16(19)23/h7,11,13-18,23H,2-6,8-9H2,1H3/t11-,13-,14-,15-,16-,17-,18-,19-/m0/s1. The van der Waals surface area contributed by atoms with E-state index in [2.05, 4.69) is 0 Å². The molecule has 4 heteroatoms. The topological polar surface area (TPSA) is 37.3 Å². The van der Waals surface area contributed by atoms with Crippen molar-refractivity contribution in [3.05, 3.63) is 11.6 Å². The fourth-order valence-electron chi connectivity index (χ4n) is 6.51. The number of aliphatic hydroxyl groups excluding tert-OH is 1. The third-order valence-corrected chi connectivity index (χ3v) is 7.55. The fraction of sp³-hybridized carbons (Fsp3) is 0.842. The van der Waals surface area contributed by atoms with Crippen LogP contribution in [0.3, 0.4) is 0 Å². The summed E-state index contributed by atoms with van der Waals surface area (Å²) in [7, 11) is 0. The van der Waals surface area contributed by atoms with Gasteiger partial charge in [-0.25, -0.2) is 4.39 Å². The van der Waals surface area contributed by atoms with Crippen molar-refractivity contribution in [2.75, 3.05) is 6.67 Å². The molecule has 1 N–H and O–H groups in total. The lowest BCUT2D eigenvalue weighted by Crippen LogP contribution is -2.55. The number of halogens is 2. The molecule has 4 rings (SSSR count). The van der Waals surface area contributed by atoms with E-state index in [-0.39, 0.29) is 35.4 Å². The molecule has 0 aromatic carbocycles. The third kappa shape index (κ3) is 2.16. The Morgan fingerprint density at radius 3 is 2.83 bits per heavy atom. The highest BCUT2D eigenvalue weighted by molar-refractivity contribution is 5.91. The molecule has 4 aliphatic carbocycles. The van der Waals surface area contributed by atoms with Gasteiger partial charge in [-0.3, -0.25) is 9.18 Å². The molecular weight excluding hydrogens is 298 g/mol. The Kier molecular flexibility index (Phi) is 3.67. The van der Waals surface area contributed by atoms with Crippen molar-refractivity contribution >= 4 is 5.78 Å². The van der Waals surface area contributed by atoms with E-state index in [1.54, 1.807) is 6.08 Å². The van der Waals surface area contributed by atoms with Crippen LogP contribution in [0.5, 0.6) is 0 Å². The van der Waals surface area contributed by atoms with E-state index in [9.17, 15) is 14.3 Å². The molecule has 3 saturated carbocycles. The summed E-state index contributed by atoms with van der Waals surface area (Å²) in [6.45, 7) is 1.55. The molecule has 0 radical (unpaired) electrons. The Balaban J connectivity index is 1.75. The van der Waals surface area contributed by atoms with Crippen LogP contribution < -0.4 is 0 Å². The number of allylic oxidation sites excluding steroid dienone is 1. The number of hydrogen-bond acceptors (Lipinski definition) is 2. The zero-order valence-corrected chi connectivity index (χ0v) is 13.7. The second-order valence-corrected chi connectivity index (χ2v) is 8.53. The van der Waals surface area contributed by atoms with Gasteiger partial charge in [-0.05, 0) is 67.3 Å². The average Bonchev–Trinajstić information content (AvgIpc) is 2.81. The number of ketones is 1. The van der Waals surface area contributed by atoms with Gasteiger partial charge in [-0.2, -0.15) is 0 Å². The Morgan fingerprint density at radius 1 is 1.30 bits per heavy atom. The van der Waals surface area contributed by atoms with E-state index >= 15 is 4.39 Å². The van der Waals surface area contributed by atoms with Gasteiger partial charge in [0.05, 0.1) is 12.8 Å².